The van der Waals surface area contributed by atoms with Gasteiger partial charge in [-0.3, -0.25) is 4.79 Å². The van der Waals surface area contributed by atoms with E-state index in [1.165, 1.54) is 12.8 Å². The average molecular weight is 226 g/mol. The third-order valence-electron chi connectivity index (χ3n) is 2.57. The van der Waals surface area contributed by atoms with Crippen LogP contribution in [-0.4, -0.2) is 25.8 Å². The molecule has 0 fully saturated rings. The van der Waals surface area contributed by atoms with Crippen LogP contribution in [0.5, 0.6) is 0 Å². The Balaban J connectivity index is 2.20. The summed E-state index contributed by atoms with van der Waals surface area (Å²) in [5, 5.41) is 0. The zero-order valence-electron chi connectivity index (χ0n) is 9.95. The van der Waals surface area contributed by atoms with Crippen LogP contribution < -0.4 is 0 Å². The van der Waals surface area contributed by atoms with E-state index < -0.39 is 0 Å². The first kappa shape index (κ1) is 13.2. The summed E-state index contributed by atoms with van der Waals surface area (Å²) in [5.74, 6) is -0.105. The lowest BCUT2D eigenvalue weighted by Gasteiger charge is -2.05. The molecule has 0 amide bonds. The van der Waals surface area contributed by atoms with Gasteiger partial charge in [0.25, 0.3) is 0 Å². The molecule has 0 unspecified atom stereocenters. The topological polar surface area (TPSA) is 35.5 Å². The van der Waals surface area contributed by atoms with Gasteiger partial charge in [0.1, 0.15) is 6.61 Å². The Bertz CT molecular complexity index is 211. The second kappa shape index (κ2) is 9.40. The Hall–Kier alpha value is -0.830. The fraction of sp³-hybridized carbons (Fsp3) is 0.769. The number of allylic oxidation sites excluding steroid dienone is 2. The summed E-state index contributed by atoms with van der Waals surface area (Å²) in [6.07, 6.45) is 11.5. The number of cyclic esters (lactones) is 1. The first-order chi connectivity index (χ1) is 7.89. The zero-order valence-corrected chi connectivity index (χ0v) is 9.95. The molecule has 0 saturated heterocycles. The molecule has 0 bridgehead atoms. The molecule has 1 heterocycles. The zero-order chi connectivity index (χ0) is 11.5. The van der Waals surface area contributed by atoms with Gasteiger partial charge in [0.05, 0.1) is 6.61 Å². The maximum atomic E-state index is 11.2. The van der Waals surface area contributed by atoms with Crippen LogP contribution in [0.2, 0.25) is 0 Å². The minimum atomic E-state index is -0.105. The Morgan fingerprint density at radius 3 is 2.56 bits per heavy atom. The van der Waals surface area contributed by atoms with Gasteiger partial charge in [0, 0.05) is 13.0 Å². The monoisotopic (exact) mass is 226 g/mol. The minimum Gasteiger partial charge on any atom is -0.463 e. The molecule has 0 aliphatic carbocycles. The van der Waals surface area contributed by atoms with Crippen molar-refractivity contribution in [1.82, 2.24) is 0 Å². The Morgan fingerprint density at radius 2 is 1.69 bits per heavy atom. The molecule has 0 saturated carbocycles. The Kier molecular flexibility index (Phi) is 7.78. The molecule has 0 atom stereocenters. The van der Waals surface area contributed by atoms with Crippen molar-refractivity contribution in [3.8, 4) is 0 Å². The summed E-state index contributed by atoms with van der Waals surface area (Å²) in [6, 6.07) is 0. The smallest absolute Gasteiger partial charge is 0.305 e. The van der Waals surface area contributed by atoms with E-state index in [2.05, 4.69) is 12.2 Å². The standard InChI is InChI=1S/C13H22O3/c14-13-9-7-5-3-1-2-4-6-8-10-15-11-12-16-13/h1,3H,2,4-12H2/b3-1-. The van der Waals surface area contributed by atoms with E-state index in [1.54, 1.807) is 0 Å². The quantitative estimate of drug-likeness (QED) is 0.470. The largest absolute Gasteiger partial charge is 0.463 e. The third-order valence-corrected chi connectivity index (χ3v) is 2.57. The van der Waals surface area contributed by atoms with E-state index in [0.717, 1.165) is 32.3 Å². The highest BCUT2D eigenvalue weighted by Crippen LogP contribution is 2.04. The van der Waals surface area contributed by atoms with Crippen LogP contribution in [0.15, 0.2) is 12.2 Å². The van der Waals surface area contributed by atoms with Gasteiger partial charge in [-0.25, -0.2) is 0 Å². The van der Waals surface area contributed by atoms with Crippen molar-refractivity contribution in [2.24, 2.45) is 0 Å². The molecule has 16 heavy (non-hydrogen) atoms. The van der Waals surface area contributed by atoms with Gasteiger partial charge in [-0.05, 0) is 32.1 Å². The van der Waals surface area contributed by atoms with Crippen LogP contribution >= 0.6 is 0 Å². The van der Waals surface area contributed by atoms with Crippen molar-refractivity contribution in [3.63, 3.8) is 0 Å². The van der Waals surface area contributed by atoms with Crippen molar-refractivity contribution in [1.29, 1.82) is 0 Å². The van der Waals surface area contributed by atoms with Crippen molar-refractivity contribution in [3.05, 3.63) is 12.2 Å². The molecule has 0 aromatic carbocycles. The molecule has 3 heteroatoms. The lowest BCUT2D eigenvalue weighted by molar-refractivity contribution is -0.145. The highest BCUT2D eigenvalue weighted by molar-refractivity contribution is 5.69. The predicted molar refractivity (Wildman–Crippen MR) is 63.2 cm³/mol. The summed E-state index contributed by atoms with van der Waals surface area (Å²) in [7, 11) is 0. The first-order valence-corrected chi connectivity index (χ1v) is 6.28. The maximum absolute atomic E-state index is 11.2. The molecule has 0 radical (unpaired) electrons. The van der Waals surface area contributed by atoms with E-state index in [0.29, 0.717) is 19.6 Å². The average Bonchev–Trinajstić information content (AvgIpc) is 2.29. The van der Waals surface area contributed by atoms with Gasteiger partial charge >= 0.3 is 5.97 Å². The van der Waals surface area contributed by atoms with E-state index in [9.17, 15) is 4.79 Å². The molecule has 1 aliphatic rings. The second-order valence-electron chi connectivity index (χ2n) is 4.05. The fourth-order valence-corrected chi connectivity index (χ4v) is 1.63. The molecule has 3 nitrogen and oxygen atoms in total. The van der Waals surface area contributed by atoms with Gasteiger partial charge in [0.15, 0.2) is 0 Å². The highest BCUT2D eigenvalue weighted by atomic mass is 16.6. The van der Waals surface area contributed by atoms with Gasteiger partial charge in [0.2, 0.25) is 0 Å². The van der Waals surface area contributed by atoms with Gasteiger partial charge in [-0.2, -0.15) is 0 Å². The summed E-state index contributed by atoms with van der Waals surface area (Å²) in [6.45, 7) is 1.71. The molecular formula is C13H22O3. The Labute approximate surface area is 97.8 Å². The number of hydrogen-bond acceptors (Lipinski definition) is 3. The molecule has 0 N–H and O–H groups in total. The highest BCUT2D eigenvalue weighted by Gasteiger charge is 2.01. The van der Waals surface area contributed by atoms with Crippen molar-refractivity contribution >= 4 is 5.97 Å². The lowest BCUT2D eigenvalue weighted by atomic mass is 10.1. The van der Waals surface area contributed by atoms with E-state index >= 15 is 0 Å². The van der Waals surface area contributed by atoms with E-state index in [1.807, 2.05) is 0 Å². The van der Waals surface area contributed by atoms with Gasteiger partial charge in [-0.1, -0.05) is 18.6 Å². The number of esters is 1. The number of carbonyl (C=O) groups excluding carboxylic acids is 1. The van der Waals surface area contributed by atoms with Crippen LogP contribution in [0.1, 0.15) is 44.9 Å². The Morgan fingerprint density at radius 1 is 0.875 bits per heavy atom. The summed E-state index contributed by atoms with van der Waals surface area (Å²) in [5.41, 5.74) is 0. The number of ether oxygens (including phenoxy) is 2. The van der Waals surface area contributed by atoms with Crippen molar-refractivity contribution in [2.45, 2.75) is 44.9 Å². The lowest BCUT2D eigenvalue weighted by Crippen LogP contribution is -2.10. The maximum Gasteiger partial charge on any atom is 0.305 e. The van der Waals surface area contributed by atoms with Crippen LogP contribution in [0, 0.1) is 0 Å². The normalized spacial score (nSPS) is 23.9. The van der Waals surface area contributed by atoms with Crippen molar-refractivity contribution in [2.75, 3.05) is 19.8 Å². The van der Waals surface area contributed by atoms with Crippen molar-refractivity contribution < 1.29 is 14.3 Å². The third kappa shape index (κ3) is 7.46. The number of rotatable bonds is 0. The number of hydrogen-bond donors (Lipinski definition) is 0. The SMILES string of the molecule is O=C1CCC/C=C\CCCCCOCCO1. The van der Waals surface area contributed by atoms with Gasteiger partial charge < -0.3 is 9.47 Å². The van der Waals surface area contributed by atoms with Crippen LogP contribution in [0.25, 0.3) is 0 Å². The number of carbonyl (C=O) groups is 1. The molecule has 0 aromatic rings. The van der Waals surface area contributed by atoms with E-state index in [4.69, 9.17) is 9.47 Å². The second-order valence-corrected chi connectivity index (χ2v) is 4.05. The molecule has 0 spiro atoms. The molecular weight excluding hydrogens is 204 g/mol. The van der Waals surface area contributed by atoms with Crippen LogP contribution in [0.4, 0.5) is 0 Å². The summed E-state index contributed by atoms with van der Waals surface area (Å²) >= 11 is 0. The molecule has 0 aromatic heterocycles. The predicted octanol–water partition coefficient (Wildman–Crippen LogP) is 2.85. The summed E-state index contributed by atoms with van der Waals surface area (Å²) < 4.78 is 10.4. The van der Waals surface area contributed by atoms with E-state index in [-0.39, 0.29) is 5.97 Å². The van der Waals surface area contributed by atoms with Gasteiger partial charge in [-0.15, -0.1) is 0 Å². The summed E-state index contributed by atoms with van der Waals surface area (Å²) in [4.78, 5) is 11.2. The first-order valence-electron chi connectivity index (χ1n) is 6.28. The molecule has 1 rings (SSSR count). The van der Waals surface area contributed by atoms with Crippen LogP contribution in [-0.2, 0) is 14.3 Å². The van der Waals surface area contributed by atoms with Crippen LogP contribution in [0.3, 0.4) is 0 Å². The minimum absolute atomic E-state index is 0.105. The fourth-order valence-electron chi connectivity index (χ4n) is 1.63. The molecule has 1 aliphatic heterocycles. The molecule has 92 valence electrons.